The zero-order valence-electron chi connectivity index (χ0n) is 18.7. The first-order valence-corrected chi connectivity index (χ1v) is 11.5. The molecule has 0 bridgehead atoms. The van der Waals surface area contributed by atoms with Gasteiger partial charge in [0, 0.05) is 18.2 Å². The van der Waals surface area contributed by atoms with E-state index < -0.39 is 17.8 Å². The highest BCUT2D eigenvalue weighted by atomic mass is 32.1. The van der Waals surface area contributed by atoms with E-state index in [1.165, 1.54) is 41.1 Å². The molecule has 0 fully saturated rings. The number of nitrogens with zero attached hydrogens (tertiary/aromatic N) is 3. The van der Waals surface area contributed by atoms with Crippen LogP contribution in [0.5, 0.6) is 5.75 Å². The molecule has 0 saturated heterocycles. The number of nitrogens with one attached hydrogen (secondary N) is 1. The Balaban J connectivity index is 1.41. The van der Waals surface area contributed by atoms with Crippen LogP contribution < -0.4 is 15.6 Å². The molecule has 34 heavy (non-hydrogen) atoms. The summed E-state index contributed by atoms with van der Waals surface area (Å²) in [5, 5.41) is 8.05. The summed E-state index contributed by atoms with van der Waals surface area (Å²) in [6.07, 6.45) is -0.899. The molecule has 7 nitrogen and oxygen atoms in total. The van der Waals surface area contributed by atoms with Crippen molar-refractivity contribution in [1.29, 1.82) is 0 Å². The Morgan fingerprint density at radius 1 is 1.12 bits per heavy atom. The molecular weight excluding hydrogens is 455 g/mol. The summed E-state index contributed by atoms with van der Waals surface area (Å²) in [4.78, 5) is 30.2. The molecule has 0 saturated carbocycles. The number of hydrogen-bond donors (Lipinski definition) is 1. The lowest BCUT2D eigenvalue weighted by Gasteiger charge is -2.15. The van der Waals surface area contributed by atoms with E-state index in [0.717, 1.165) is 21.1 Å². The lowest BCUT2D eigenvalue weighted by atomic mass is 10.2. The molecule has 1 amide bonds. The molecule has 1 N–H and O–H groups in total. The Labute approximate surface area is 199 Å². The Bertz CT molecular complexity index is 1350. The SMILES string of the molecule is Cc1nc(-c2ccccc2)sc1-c1ccc(=O)n(CCNC(=O)C(C)Oc2ccccc2F)n1. The molecule has 1 unspecified atom stereocenters. The van der Waals surface area contributed by atoms with E-state index in [9.17, 15) is 14.0 Å². The number of para-hydroxylation sites is 1. The van der Waals surface area contributed by atoms with Gasteiger partial charge in [0.25, 0.3) is 11.5 Å². The second-order valence-electron chi connectivity index (χ2n) is 7.56. The van der Waals surface area contributed by atoms with Gasteiger partial charge in [-0.25, -0.2) is 14.1 Å². The maximum absolute atomic E-state index is 13.7. The number of aromatic nitrogens is 3. The fourth-order valence-electron chi connectivity index (χ4n) is 3.28. The third kappa shape index (κ3) is 5.37. The highest BCUT2D eigenvalue weighted by molar-refractivity contribution is 7.18. The highest BCUT2D eigenvalue weighted by Crippen LogP contribution is 2.33. The molecule has 2 aromatic carbocycles. The van der Waals surface area contributed by atoms with Gasteiger partial charge in [-0.3, -0.25) is 9.59 Å². The Morgan fingerprint density at radius 3 is 2.62 bits per heavy atom. The molecule has 1 atom stereocenters. The molecule has 0 aliphatic carbocycles. The second-order valence-corrected chi connectivity index (χ2v) is 8.56. The third-order valence-corrected chi connectivity index (χ3v) is 6.28. The van der Waals surface area contributed by atoms with Crippen molar-refractivity contribution in [1.82, 2.24) is 20.1 Å². The number of halogens is 1. The first kappa shape index (κ1) is 23.3. The lowest BCUT2D eigenvalue weighted by molar-refractivity contribution is -0.127. The van der Waals surface area contributed by atoms with Gasteiger partial charge >= 0.3 is 0 Å². The summed E-state index contributed by atoms with van der Waals surface area (Å²) in [7, 11) is 0. The third-order valence-electron chi connectivity index (χ3n) is 5.05. The molecule has 9 heteroatoms. The second kappa shape index (κ2) is 10.4. The predicted molar refractivity (Wildman–Crippen MR) is 129 cm³/mol. The van der Waals surface area contributed by atoms with Gasteiger partial charge in [0.15, 0.2) is 17.7 Å². The Morgan fingerprint density at radius 2 is 1.85 bits per heavy atom. The van der Waals surface area contributed by atoms with Gasteiger partial charge in [0.05, 0.1) is 17.1 Å². The summed E-state index contributed by atoms with van der Waals surface area (Å²) in [5.74, 6) is -0.952. The fraction of sp³-hybridized carbons (Fsp3) is 0.200. The van der Waals surface area contributed by atoms with Crippen LogP contribution in [0.2, 0.25) is 0 Å². The molecule has 174 valence electrons. The van der Waals surface area contributed by atoms with Gasteiger partial charge in [-0.15, -0.1) is 11.3 Å². The first-order valence-electron chi connectivity index (χ1n) is 10.7. The van der Waals surface area contributed by atoms with E-state index in [1.807, 2.05) is 37.3 Å². The van der Waals surface area contributed by atoms with Crippen LogP contribution in [0, 0.1) is 12.7 Å². The van der Waals surface area contributed by atoms with E-state index in [1.54, 1.807) is 18.2 Å². The van der Waals surface area contributed by atoms with Crippen molar-refractivity contribution in [3.63, 3.8) is 0 Å². The van der Waals surface area contributed by atoms with E-state index in [4.69, 9.17) is 4.74 Å². The van der Waals surface area contributed by atoms with Gasteiger partial charge in [0.2, 0.25) is 0 Å². The van der Waals surface area contributed by atoms with Gasteiger partial charge in [-0.05, 0) is 32.0 Å². The quantitative estimate of drug-likeness (QED) is 0.413. The number of thiazole rings is 1. The van der Waals surface area contributed by atoms with E-state index in [2.05, 4.69) is 15.4 Å². The Kier molecular flexibility index (Phi) is 7.12. The largest absolute Gasteiger partial charge is 0.478 e. The number of benzene rings is 2. The summed E-state index contributed by atoms with van der Waals surface area (Å²) in [6.45, 7) is 3.78. The minimum absolute atomic E-state index is 0.00513. The van der Waals surface area contributed by atoms with E-state index in [-0.39, 0.29) is 24.4 Å². The maximum atomic E-state index is 13.7. The molecule has 4 rings (SSSR count). The van der Waals surface area contributed by atoms with Gasteiger partial charge < -0.3 is 10.1 Å². The topological polar surface area (TPSA) is 86.1 Å². The molecule has 0 aliphatic rings. The monoisotopic (exact) mass is 478 g/mol. The van der Waals surface area contributed by atoms with Crippen molar-refractivity contribution in [3.05, 3.63) is 88.6 Å². The van der Waals surface area contributed by atoms with Crippen LogP contribution in [0.1, 0.15) is 12.6 Å². The van der Waals surface area contributed by atoms with Crippen molar-refractivity contribution in [2.24, 2.45) is 0 Å². The van der Waals surface area contributed by atoms with Crippen LogP contribution in [-0.4, -0.2) is 33.3 Å². The number of aryl methyl sites for hydroxylation is 1. The van der Waals surface area contributed by atoms with Crippen molar-refractivity contribution < 1.29 is 13.9 Å². The van der Waals surface area contributed by atoms with Gasteiger partial charge in [-0.1, -0.05) is 42.5 Å². The average molecular weight is 479 g/mol. The predicted octanol–water partition coefficient (Wildman–Crippen LogP) is 4.07. The molecule has 0 spiro atoms. The lowest BCUT2D eigenvalue weighted by Crippen LogP contribution is -2.39. The summed E-state index contributed by atoms with van der Waals surface area (Å²) in [6, 6.07) is 18.9. The van der Waals surface area contributed by atoms with Crippen molar-refractivity contribution >= 4 is 17.2 Å². The number of hydrogen-bond acceptors (Lipinski definition) is 6. The number of ether oxygens (including phenoxy) is 1. The van der Waals surface area contributed by atoms with Crippen molar-refractivity contribution in [2.45, 2.75) is 26.5 Å². The van der Waals surface area contributed by atoms with E-state index in [0.29, 0.717) is 5.69 Å². The molecule has 2 heterocycles. The molecule has 2 aromatic heterocycles. The minimum atomic E-state index is -0.899. The number of rotatable bonds is 8. The van der Waals surface area contributed by atoms with Crippen LogP contribution in [0.4, 0.5) is 4.39 Å². The van der Waals surface area contributed by atoms with Gasteiger partial charge in [0.1, 0.15) is 10.7 Å². The normalized spacial score (nSPS) is 11.7. The fourth-order valence-corrected chi connectivity index (χ4v) is 4.32. The number of carbonyl (C=O) groups is 1. The number of carbonyl (C=O) groups excluding carboxylic acids is 1. The van der Waals surface area contributed by atoms with E-state index >= 15 is 0 Å². The maximum Gasteiger partial charge on any atom is 0.266 e. The average Bonchev–Trinajstić information content (AvgIpc) is 3.23. The molecular formula is C25H23FN4O3S. The molecule has 0 aliphatic heterocycles. The summed E-state index contributed by atoms with van der Waals surface area (Å²) in [5.41, 5.74) is 2.21. The smallest absolute Gasteiger partial charge is 0.266 e. The van der Waals surface area contributed by atoms with Gasteiger partial charge in [-0.2, -0.15) is 5.10 Å². The van der Waals surface area contributed by atoms with Crippen LogP contribution in [0.25, 0.3) is 21.1 Å². The van der Waals surface area contributed by atoms with Crippen LogP contribution >= 0.6 is 11.3 Å². The first-order chi connectivity index (χ1) is 16.4. The Hall–Kier alpha value is -3.85. The minimum Gasteiger partial charge on any atom is -0.478 e. The zero-order valence-corrected chi connectivity index (χ0v) is 19.5. The molecule has 4 aromatic rings. The zero-order chi connectivity index (χ0) is 24.1. The van der Waals surface area contributed by atoms with Crippen LogP contribution in [-0.2, 0) is 11.3 Å². The summed E-state index contributed by atoms with van der Waals surface area (Å²) >= 11 is 1.51. The standard InChI is InChI=1S/C25H23FN4O3S/c1-16-23(34-25(28-16)18-8-4-3-5-9-18)20-12-13-22(31)30(29-20)15-14-27-24(32)17(2)33-21-11-7-6-10-19(21)26/h3-13,17H,14-15H2,1-2H3,(H,27,32). The number of amides is 1. The van der Waals surface area contributed by atoms with Crippen molar-refractivity contribution in [2.75, 3.05) is 6.54 Å². The van der Waals surface area contributed by atoms with Crippen molar-refractivity contribution in [3.8, 4) is 26.9 Å². The van der Waals surface area contributed by atoms with Crippen LogP contribution in [0.3, 0.4) is 0 Å². The highest BCUT2D eigenvalue weighted by Gasteiger charge is 2.17. The summed E-state index contributed by atoms with van der Waals surface area (Å²) < 4.78 is 20.4. The molecule has 0 radical (unpaired) electrons. The van der Waals surface area contributed by atoms with Crippen LogP contribution in [0.15, 0.2) is 71.5 Å².